The number of nitrogens with one attached hydrogen (secondary N) is 1. The number of anilines is 1. The zero-order valence-electron chi connectivity index (χ0n) is 20.0. The molecule has 1 saturated heterocycles. The normalized spacial score (nSPS) is 17.2. The second kappa shape index (κ2) is 10.3. The van der Waals surface area contributed by atoms with Crippen molar-refractivity contribution in [3.63, 3.8) is 0 Å². The van der Waals surface area contributed by atoms with Crippen LogP contribution in [0, 0.1) is 0 Å². The number of amides is 2. The minimum Gasteiger partial charge on any atom is -0.332 e. The highest BCUT2D eigenvalue weighted by atomic mass is 35.5. The first-order valence-electron chi connectivity index (χ1n) is 12.2. The van der Waals surface area contributed by atoms with Crippen molar-refractivity contribution in [1.82, 2.24) is 20.2 Å². The molecule has 2 aromatic heterocycles. The number of fused-ring (bicyclic) bond motifs is 4. The van der Waals surface area contributed by atoms with E-state index in [9.17, 15) is 4.79 Å². The van der Waals surface area contributed by atoms with Gasteiger partial charge in [-0.3, -0.25) is 9.80 Å². The van der Waals surface area contributed by atoms with Gasteiger partial charge in [0.1, 0.15) is 0 Å². The molecule has 1 N–H and O–H groups in total. The van der Waals surface area contributed by atoms with Crippen molar-refractivity contribution in [2.75, 3.05) is 31.1 Å². The van der Waals surface area contributed by atoms with E-state index in [-0.39, 0.29) is 11.4 Å². The Morgan fingerprint density at radius 3 is 2.76 bits per heavy atom. The predicted molar refractivity (Wildman–Crippen MR) is 154 cm³/mol. The van der Waals surface area contributed by atoms with Crippen molar-refractivity contribution >= 4 is 73.9 Å². The molecule has 6 nitrogen and oxygen atoms in total. The van der Waals surface area contributed by atoms with Gasteiger partial charge in [-0.25, -0.2) is 14.8 Å². The van der Waals surface area contributed by atoms with Crippen LogP contribution in [0.1, 0.15) is 29.7 Å². The highest BCUT2D eigenvalue weighted by Crippen LogP contribution is 2.50. The fourth-order valence-electron chi connectivity index (χ4n) is 5.43. The minimum absolute atomic E-state index is 0.0762. The molecule has 0 radical (unpaired) electrons. The van der Waals surface area contributed by atoms with Crippen LogP contribution in [0.5, 0.6) is 0 Å². The zero-order valence-corrected chi connectivity index (χ0v) is 23.1. The molecule has 6 rings (SSSR count). The Labute approximate surface area is 233 Å². The summed E-state index contributed by atoms with van der Waals surface area (Å²) in [6.07, 6.45) is 6.22. The summed E-state index contributed by atoms with van der Waals surface area (Å²) in [6.45, 7) is 3.88. The Morgan fingerprint density at radius 1 is 1.11 bits per heavy atom. The SMILES string of the molecule is O=C(NCc1cscn1)N1CC2(CCN(CC=Cc3ccc(Cl)c(Cl)c3)CC2)c2c1ccc1scnc21. The van der Waals surface area contributed by atoms with E-state index in [0.717, 1.165) is 54.9 Å². The number of rotatable bonds is 5. The third-order valence-electron chi connectivity index (χ3n) is 7.34. The summed E-state index contributed by atoms with van der Waals surface area (Å²) in [5.74, 6) is 0. The second-order valence-corrected chi connectivity index (χ2v) is 12.0. The van der Waals surface area contributed by atoms with Gasteiger partial charge in [-0.1, -0.05) is 41.4 Å². The van der Waals surface area contributed by atoms with Gasteiger partial charge in [-0.15, -0.1) is 22.7 Å². The first-order chi connectivity index (χ1) is 18.0. The van der Waals surface area contributed by atoms with Crippen LogP contribution in [0.2, 0.25) is 10.0 Å². The summed E-state index contributed by atoms with van der Waals surface area (Å²) in [4.78, 5) is 26.7. The van der Waals surface area contributed by atoms with E-state index < -0.39 is 0 Å². The van der Waals surface area contributed by atoms with Crippen molar-refractivity contribution in [3.8, 4) is 0 Å². The maximum Gasteiger partial charge on any atom is 0.322 e. The molecule has 2 aliphatic heterocycles. The lowest BCUT2D eigenvalue weighted by atomic mass is 9.74. The molecule has 37 heavy (non-hydrogen) atoms. The molecule has 190 valence electrons. The van der Waals surface area contributed by atoms with E-state index in [1.54, 1.807) is 16.8 Å². The molecule has 4 heterocycles. The average molecular weight is 571 g/mol. The largest absolute Gasteiger partial charge is 0.332 e. The van der Waals surface area contributed by atoms with Gasteiger partial charge in [0.05, 0.1) is 49.2 Å². The number of benzene rings is 2. The van der Waals surface area contributed by atoms with Gasteiger partial charge in [-0.2, -0.15) is 0 Å². The van der Waals surface area contributed by atoms with Gasteiger partial charge in [0.25, 0.3) is 0 Å². The van der Waals surface area contributed by atoms with Crippen LogP contribution in [-0.2, 0) is 12.0 Å². The Morgan fingerprint density at radius 2 is 1.97 bits per heavy atom. The number of piperidine rings is 1. The second-order valence-electron chi connectivity index (χ2n) is 9.54. The number of carbonyl (C=O) groups is 1. The smallest absolute Gasteiger partial charge is 0.322 e. The van der Waals surface area contributed by atoms with Gasteiger partial charge in [-0.05, 0) is 55.8 Å². The highest BCUT2D eigenvalue weighted by molar-refractivity contribution is 7.16. The molecule has 2 amide bonds. The average Bonchev–Trinajstić information content (AvgIpc) is 3.65. The van der Waals surface area contributed by atoms with Crippen molar-refractivity contribution in [2.24, 2.45) is 0 Å². The molecule has 2 aliphatic rings. The molecule has 0 bridgehead atoms. The molecular weight excluding hydrogens is 545 g/mol. The number of carbonyl (C=O) groups excluding carboxylic acids is 1. The van der Waals surface area contributed by atoms with E-state index >= 15 is 0 Å². The molecule has 0 saturated carbocycles. The van der Waals surface area contributed by atoms with Crippen molar-refractivity contribution in [3.05, 3.63) is 79.7 Å². The standard InChI is InChI=1S/C27H25Cl2N5OS2/c28-20-4-3-18(12-21(20)29)2-1-9-33-10-7-27(8-11-33)15-34(26(35)30-13-19-14-36-16-31-19)22-5-6-23-25(24(22)27)32-17-37-23/h1-6,12,14,16-17H,7-11,13,15H2,(H,30,35). The summed E-state index contributed by atoms with van der Waals surface area (Å²) in [5.41, 5.74) is 8.79. The first-order valence-corrected chi connectivity index (χ1v) is 14.7. The molecule has 4 aromatic rings. The van der Waals surface area contributed by atoms with E-state index in [1.165, 1.54) is 21.6 Å². The lowest BCUT2D eigenvalue weighted by molar-refractivity contribution is 0.180. The minimum atomic E-state index is -0.0925. The molecule has 2 aromatic carbocycles. The summed E-state index contributed by atoms with van der Waals surface area (Å²) in [7, 11) is 0. The third-order valence-corrected chi connectivity index (χ3v) is 9.51. The van der Waals surface area contributed by atoms with Crippen LogP contribution in [0.15, 0.2) is 52.8 Å². The number of aromatic nitrogens is 2. The summed E-state index contributed by atoms with van der Waals surface area (Å²) in [5, 5.41) is 6.16. The van der Waals surface area contributed by atoms with E-state index in [4.69, 9.17) is 28.2 Å². The van der Waals surface area contributed by atoms with E-state index in [1.807, 2.05) is 34.0 Å². The Kier molecular flexibility index (Phi) is 6.94. The number of halogens is 2. The lowest BCUT2D eigenvalue weighted by Gasteiger charge is -2.39. The number of hydrogen-bond donors (Lipinski definition) is 1. The van der Waals surface area contributed by atoms with Crippen LogP contribution < -0.4 is 10.2 Å². The Balaban J connectivity index is 1.18. The number of likely N-dealkylation sites (tertiary alicyclic amines) is 1. The van der Waals surface area contributed by atoms with Crippen molar-refractivity contribution in [2.45, 2.75) is 24.8 Å². The maximum atomic E-state index is 13.3. The van der Waals surface area contributed by atoms with Crippen LogP contribution >= 0.6 is 45.9 Å². The summed E-state index contributed by atoms with van der Waals surface area (Å²) in [6, 6.07) is 9.79. The zero-order chi connectivity index (χ0) is 25.4. The van der Waals surface area contributed by atoms with Gasteiger partial charge in [0.15, 0.2) is 0 Å². The van der Waals surface area contributed by atoms with Crippen LogP contribution in [0.4, 0.5) is 10.5 Å². The summed E-state index contributed by atoms with van der Waals surface area (Å²) < 4.78 is 1.18. The first kappa shape index (κ1) is 24.8. The highest BCUT2D eigenvalue weighted by Gasteiger charge is 2.47. The van der Waals surface area contributed by atoms with Gasteiger partial charge in [0.2, 0.25) is 0 Å². The van der Waals surface area contributed by atoms with Gasteiger partial charge < -0.3 is 5.32 Å². The topological polar surface area (TPSA) is 61.4 Å². The predicted octanol–water partition coefficient (Wildman–Crippen LogP) is 6.84. The fraction of sp³-hybridized carbons (Fsp3) is 0.296. The lowest BCUT2D eigenvalue weighted by Crippen LogP contribution is -2.47. The van der Waals surface area contributed by atoms with Gasteiger partial charge >= 0.3 is 6.03 Å². The maximum absolute atomic E-state index is 13.3. The number of urea groups is 1. The molecular formula is C27H25Cl2N5OS2. The number of hydrogen-bond acceptors (Lipinski definition) is 6. The van der Waals surface area contributed by atoms with E-state index in [2.05, 4.69) is 39.5 Å². The van der Waals surface area contributed by atoms with E-state index in [0.29, 0.717) is 23.1 Å². The Bertz CT molecular complexity index is 1460. The quantitative estimate of drug-likeness (QED) is 0.286. The van der Waals surface area contributed by atoms with Crippen LogP contribution in [0.3, 0.4) is 0 Å². The monoisotopic (exact) mass is 569 g/mol. The number of thiazole rings is 2. The molecule has 0 aliphatic carbocycles. The Hall–Kier alpha value is -2.49. The van der Waals surface area contributed by atoms with Gasteiger partial charge in [0, 0.05) is 29.4 Å². The molecule has 0 atom stereocenters. The van der Waals surface area contributed by atoms with Crippen LogP contribution in [-0.4, -0.2) is 47.1 Å². The summed E-state index contributed by atoms with van der Waals surface area (Å²) >= 11 is 15.4. The molecule has 1 spiro atoms. The van der Waals surface area contributed by atoms with Crippen molar-refractivity contribution in [1.29, 1.82) is 0 Å². The molecule has 10 heteroatoms. The van der Waals surface area contributed by atoms with Crippen LogP contribution in [0.25, 0.3) is 16.3 Å². The fourth-order valence-corrected chi connectivity index (χ4v) is 6.98. The molecule has 1 fully saturated rings. The molecule has 0 unspecified atom stereocenters. The van der Waals surface area contributed by atoms with Crippen molar-refractivity contribution < 1.29 is 4.79 Å². The number of nitrogens with zero attached hydrogens (tertiary/aromatic N) is 4. The third kappa shape index (κ3) is 4.89.